The molecule has 1 aliphatic heterocycles. The molecular formula is C13H23N5. The number of nitrogens with one attached hydrogen (secondary N) is 1. The van der Waals surface area contributed by atoms with Crippen molar-refractivity contribution in [1.82, 2.24) is 19.8 Å². The first-order valence-electron chi connectivity index (χ1n) is 6.43. The molecule has 1 saturated heterocycles. The molecular weight excluding hydrogens is 226 g/mol. The van der Waals surface area contributed by atoms with E-state index in [-0.39, 0.29) is 5.54 Å². The first kappa shape index (κ1) is 13.2. The Morgan fingerprint density at radius 2 is 2.06 bits per heavy atom. The summed E-state index contributed by atoms with van der Waals surface area (Å²) in [5.41, 5.74) is 1.27. The van der Waals surface area contributed by atoms with Gasteiger partial charge in [0.1, 0.15) is 5.82 Å². The molecule has 0 atom stereocenters. The van der Waals surface area contributed by atoms with Crippen molar-refractivity contribution in [3.8, 4) is 0 Å². The zero-order valence-corrected chi connectivity index (χ0v) is 11.8. The zero-order valence-electron chi connectivity index (χ0n) is 11.8. The monoisotopic (exact) mass is 249 g/mol. The van der Waals surface area contributed by atoms with Crippen LogP contribution in [0.2, 0.25) is 0 Å². The van der Waals surface area contributed by atoms with Crippen molar-refractivity contribution in [2.45, 2.75) is 25.9 Å². The van der Waals surface area contributed by atoms with E-state index in [1.165, 1.54) is 0 Å². The number of hydrogen-bond donors (Lipinski definition) is 1. The molecule has 5 heteroatoms. The maximum atomic E-state index is 4.43. The van der Waals surface area contributed by atoms with Gasteiger partial charge in [-0.1, -0.05) is 0 Å². The van der Waals surface area contributed by atoms with Crippen LogP contribution in [-0.2, 0) is 6.54 Å². The van der Waals surface area contributed by atoms with Crippen molar-refractivity contribution in [3.63, 3.8) is 0 Å². The molecule has 1 aromatic heterocycles. The van der Waals surface area contributed by atoms with Crippen LogP contribution in [0.4, 0.5) is 5.82 Å². The minimum Gasteiger partial charge on any atom is -0.372 e. The molecule has 0 radical (unpaired) electrons. The standard InChI is InChI=1S/C13H23N5/c1-13(2)10-18(6-5-17(13)4)9-11-7-16-12(14-3)8-15-11/h7-8H,5-6,9-10H2,1-4H3,(H,14,16). The fraction of sp³-hybridized carbons (Fsp3) is 0.692. The second kappa shape index (κ2) is 5.20. The van der Waals surface area contributed by atoms with E-state index in [1.807, 2.05) is 13.2 Å². The van der Waals surface area contributed by atoms with Crippen LogP contribution >= 0.6 is 0 Å². The highest BCUT2D eigenvalue weighted by Crippen LogP contribution is 2.19. The van der Waals surface area contributed by atoms with E-state index >= 15 is 0 Å². The normalized spacial score (nSPS) is 20.9. The van der Waals surface area contributed by atoms with Crippen LogP contribution in [-0.4, -0.2) is 59.0 Å². The smallest absolute Gasteiger partial charge is 0.144 e. The Morgan fingerprint density at radius 3 is 2.61 bits per heavy atom. The van der Waals surface area contributed by atoms with Gasteiger partial charge in [-0.05, 0) is 20.9 Å². The lowest BCUT2D eigenvalue weighted by Gasteiger charge is -2.45. The molecule has 2 rings (SSSR count). The van der Waals surface area contributed by atoms with E-state index in [2.05, 4.69) is 46.0 Å². The molecule has 1 aliphatic rings. The van der Waals surface area contributed by atoms with Gasteiger partial charge >= 0.3 is 0 Å². The third-order valence-electron chi connectivity index (χ3n) is 3.74. The molecule has 2 heterocycles. The van der Waals surface area contributed by atoms with E-state index in [0.29, 0.717) is 0 Å². The molecule has 0 aromatic carbocycles. The van der Waals surface area contributed by atoms with Crippen LogP contribution in [0.25, 0.3) is 0 Å². The van der Waals surface area contributed by atoms with Crippen molar-refractivity contribution in [2.24, 2.45) is 0 Å². The second-order valence-electron chi connectivity index (χ2n) is 5.59. The summed E-state index contributed by atoms with van der Waals surface area (Å²) in [6, 6.07) is 0. The molecule has 5 nitrogen and oxygen atoms in total. The van der Waals surface area contributed by atoms with Crippen LogP contribution in [0.5, 0.6) is 0 Å². The SMILES string of the molecule is CNc1cnc(CN2CCN(C)C(C)(C)C2)cn1. The molecule has 0 unspecified atom stereocenters. The van der Waals surface area contributed by atoms with Crippen molar-refractivity contribution in [2.75, 3.05) is 39.0 Å². The fourth-order valence-electron chi connectivity index (χ4n) is 2.27. The molecule has 0 bridgehead atoms. The van der Waals surface area contributed by atoms with Gasteiger partial charge in [0.15, 0.2) is 0 Å². The highest BCUT2D eigenvalue weighted by Gasteiger charge is 2.30. The summed E-state index contributed by atoms with van der Waals surface area (Å²) in [6.45, 7) is 8.72. The Bertz CT molecular complexity index is 387. The Morgan fingerprint density at radius 1 is 1.28 bits per heavy atom. The number of piperazine rings is 1. The average Bonchev–Trinajstić information content (AvgIpc) is 2.34. The summed E-state index contributed by atoms with van der Waals surface area (Å²) in [5.74, 6) is 0.817. The van der Waals surface area contributed by atoms with Gasteiger partial charge in [-0.3, -0.25) is 14.8 Å². The molecule has 100 valence electrons. The number of anilines is 1. The van der Waals surface area contributed by atoms with Crippen molar-refractivity contribution in [1.29, 1.82) is 0 Å². The van der Waals surface area contributed by atoms with Gasteiger partial charge in [0.25, 0.3) is 0 Å². The van der Waals surface area contributed by atoms with E-state index in [9.17, 15) is 0 Å². The lowest BCUT2D eigenvalue weighted by Crippen LogP contribution is -2.57. The van der Waals surface area contributed by atoms with Gasteiger partial charge in [0, 0.05) is 38.8 Å². The number of likely N-dealkylation sites (N-methyl/N-ethyl adjacent to an activating group) is 1. The molecule has 0 spiro atoms. The third kappa shape index (κ3) is 2.97. The summed E-state index contributed by atoms with van der Waals surface area (Å²) in [4.78, 5) is 13.6. The van der Waals surface area contributed by atoms with E-state index in [1.54, 1.807) is 6.20 Å². The second-order valence-corrected chi connectivity index (χ2v) is 5.59. The highest BCUT2D eigenvalue weighted by atomic mass is 15.3. The molecule has 0 saturated carbocycles. The number of nitrogens with zero attached hydrogens (tertiary/aromatic N) is 4. The van der Waals surface area contributed by atoms with Gasteiger partial charge in [0.2, 0.25) is 0 Å². The van der Waals surface area contributed by atoms with E-state index in [0.717, 1.165) is 37.7 Å². The van der Waals surface area contributed by atoms with Gasteiger partial charge < -0.3 is 5.32 Å². The molecule has 0 aliphatic carbocycles. The molecule has 1 N–H and O–H groups in total. The summed E-state index contributed by atoms with van der Waals surface area (Å²) in [5, 5.41) is 2.98. The first-order valence-corrected chi connectivity index (χ1v) is 6.43. The summed E-state index contributed by atoms with van der Waals surface area (Å²) >= 11 is 0. The van der Waals surface area contributed by atoms with Crippen molar-refractivity contribution in [3.05, 3.63) is 18.1 Å². The van der Waals surface area contributed by atoms with Crippen LogP contribution in [0.3, 0.4) is 0 Å². The molecule has 0 amide bonds. The molecule has 1 fully saturated rings. The van der Waals surface area contributed by atoms with Crippen molar-refractivity contribution >= 4 is 5.82 Å². The number of rotatable bonds is 3. The van der Waals surface area contributed by atoms with Crippen LogP contribution in [0.1, 0.15) is 19.5 Å². The highest BCUT2D eigenvalue weighted by molar-refractivity contribution is 5.29. The average molecular weight is 249 g/mol. The summed E-state index contributed by atoms with van der Waals surface area (Å²) in [7, 11) is 4.05. The largest absolute Gasteiger partial charge is 0.372 e. The Labute approximate surface area is 109 Å². The van der Waals surface area contributed by atoms with Crippen LogP contribution in [0.15, 0.2) is 12.4 Å². The van der Waals surface area contributed by atoms with E-state index < -0.39 is 0 Å². The predicted octanol–water partition coefficient (Wildman–Crippen LogP) is 1.04. The minimum atomic E-state index is 0.233. The molecule has 1 aromatic rings. The molecule has 18 heavy (non-hydrogen) atoms. The lowest BCUT2D eigenvalue weighted by atomic mass is 10.00. The maximum Gasteiger partial charge on any atom is 0.144 e. The van der Waals surface area contributed by atoms with Crippen molar-refractivity contribution < 1.29 is 0 Å². The van der Waals surface area contributed by atoms with Gasteiger partial charge in [-0.25, -0.2) is 4.98 Å². The maximum absolute atomic E-state index is 4.43. The zero-order chi connectivity index (χ0) is 13.2. The van der Waals surface area contributed by atoms with Gasteiger partial charge in [-0.2, -0.15) is 0 Å². The first-order chi connectivity index (χ1) is 8.51. The third-order valence-corrected chi connectivity index (χ3v) is 3.74. The fourth-order valence-corrected chi connectivity index (χ4v) is 2.27. The Balaban J connectivity index is 1.97. The quantitative estimate of drug-likeness (QED) is 0.867. The Kier molecular flexibility index (Phi) is 3.82. The van der Waals surface area contributed by atoms with Crippen LogP contribution < -0.4 is 5.32 Å². The summed E-state index contributed by atoms with van der Waals surface area (Å²) in [6.07, 6.45) is 3.65. The predicted molar refractivity (Wildman–Crippen MR) is 73.6 cm³/mol. The number of hydrogen-bond acceptors (Lipinski definition) is 5. The topological polar surface area (TPSA) is 44.3 Å². The van der Waals surface area contributed by atoms with E-state index in [4.69, 9.17) is 0 Å². The van der Waals surface area contributed by atoms with Gasteiger partial charge in [0.05, 0.1) is 18.1 Å². The Hall–Kier alpha value is -1.20. The van der Waals surface area contributed by atoms with Gasteiger partial charge in [-0.15, -0.1) is 0 Å². The number of aromatic nitrogens is 2. The minimum absolute atomic E-state index is 0.233. The summed E-state index contributed by atoms with van der Waals surface area (Å²) < 4.78 is 0. The lowest BCUT2D eigenvalue weighted by molar-refractivity contribution is 0.0353. The van der Waals surface area contributed by atoms with Crippen LogP contribution in [0, 0.1) is 0 Å².